The average Bonchev–Trinajstić information content (AvgIpc) is 3.27. The third kappa shape index (κ3) is 3.67. The largest absolute Gasteiger partial charge is 0.339 e. The van der Waals surface area contributed by atoms with E-state index in [1.54, 1.807) is 23.5 Å². The Morgan fingerprint density at radius 2 is 1.68 bits per heavy atom. The summed E-state index contributed by atoms with van der Waals surface area (Å²) in [6, 6.07) is 14.0. The first kappa shape index (κ1) is 16.1. The molecular weight excluding hydrogens is 405 g/mol. The third-order valence-electron chi connectivity index (χ3n) is 3.56. The van der Waals surface area contributed by atoms with Crippen LogP contribution in [0.3, 0.4) is 0 Å². The second kappa shape index (κ2) is 6.85. The summed E-state index contributed by atoms with van der Waals surface area (Å²) in [6.45, 7) is 0. The highest BCUT2D eigenvalue weighted by Gasteiger charge is 2.12. The Morgan fingerprint density at radius 1 is 0.960 bits per heavy atom. The van der Waals surface area contributed by atoms with E-state index in [0.29, 0.717) is 23.7 Å². The number of hydrogen-bond donors (Lipinski definition) is 0. The first-order valence-corrected chi connectivity index (χ1v) is 9.13. The molecule has 2 aromatic carbocycles. The molecule has 2 heterocycles. The van der Waals surface area contributed by atoms with Gasteiger partial charge in [-0.2, -0.15) is 4.98 Å². The Hall–Kier alpha value is -2.38. The van der Waals surface area contributed by atoms with Gasteiger partial charge in [0.15, 0.2) is 0 Å². The molecule has 0 bridgehead atoms. The summed E-state index contributed by atoms with van der Waals surface area (Å²) in [5.74, 6) is 0.631. The van der Waals surface area contributed by atoms with Crippen LogP contribution in [0.2, 0.25) is 0 Å². The highest BCUT2D eigenvalue weighted by molar-refractivity contribution is 9.10. The molecule has 0 aliphatic heterocycles. The Morgan fingerprint density at radius 3 is 2.44 bits per heavy atom. The van der Waals surface area contributed by atoms with Crippen molar-refractivity contribution in [2.24, 2.45) is 0 Å². The van der Waals surface area contributed by atoms with E-state index in [4.69, 9.17) is 4.52 Å². The summed E-state index contributed by atoms with van der Waals surface area (Å²) >= 11 is 4.98. The lowest BCUT2D eigenvalue weighted by atomic mass is 10.2. The summed E-state index contributed by atoms with van der Waals surface area (Å²) in [5.41, 5.74) is 2.69. The Bertz CT molecular complexity index is 914. The lowest BCUT2D eigenvalue weighted by Gasteiger charge is -1.96. The first-order chi connectivity index (χ1) is 12.2. The van der Waals surface area contributed by atoms with Gasteiger partial charge in [-0.05, 0) is 36.4 Å². The van der Waals surface area contributed by atoms with Crippen LogP contribution in [0.5, 0.6) is 0 Å². The van der Waals surface area contributed by atoms with Gasteiger partial charge in [0.1, 0.15) is 10.8 Å². The molecule has 25 heavy (non-hydrogen) atoms. The maximum Gasteiger partial charge on any atom is 0.233 e. The number of aromatic nitrogens is 3. The number of rotatable bonds is 4. The van der Waals surface area contributed by atoms with Crippen molar-refractivity contribution in [2.45, 2.75) is 6.42 Å². The van der Waals surface area contributed by atoms with Crippen molar-refractivity contribution >= 4 is 27.3 Å². The minimum Gasteiger partial charge on any atom is -0.339 e. The van der Waals surface area contributed by atoms with E-state index in [2.05, 4.69) is 31.1 Å². The van der Waals surface area contributed by atoms with Crippen LogP contribution in [-0.2, 0) is 6.42 Å². The fourth-order valence-electron chi connectivity index (χ4n) is 2.32. The summed E-state index contributed by atoms with van der Waals surface area (Å²) < 4.78 is 19.3. The highest BCUT2D eigenvalue weighted by Crippen LogP contribution is 2.25. The molecule has 0 atom stereocenters. The number of benzene rings is 2. The van der Waals surface area contributed by atoms with Gasteiger partial charge in [0.05, 0.1) is 12.1 Å². The van der Waals surface area contributed by atoms with Crippen molar-refractivity contribution in [2.75, 3.05) is 0 Å². The van der Waals surface area contributed by atoms with E-state index < -0.39 is 0 Å². The second-order valence-corrected chi connectivity index (χ2v) is 7.19. The Labute approximate surface area is 155 Å². The van der Waals surface area contributed by atoms with Crippen molar-refractivity contribution in [3.8, 4) is 22.6 Å². The van der Waals surface area contributed by atoms with Crippen LogP contribution in [0.15, 0.2) is 62.9 Å². The van der Waals surface area contributed by atoms with Crippen molar-refractivity contribution in [3.05, 3.63) is 75.1 Å². The smallest absolute Gasteiger partial charge is 0.233 e. The highest BCUT2D eigenvalue weighted by atomic mass is 79.9. The van der Waals surface area contributed by atoms with Crippen LogP contribution in [0, 0.1) is 5.82 Å². The van der Waals surface area contributed by atoms with Gasteiger partial charge in [-0.1, -0.05) is 33.2 Å². The van der Waals surface area contributed by atoms with Crippen LogP contribution < -0.4 is 0 Å². The van der Waals surface area contributed by atoms with Gasteiger partial charge in [0, 0.05) is 21.0 Å². The normalized spacial score (nSPS) is 11.0. The van der Waals surface area contributed by atoms with Gasteiger partial charge in [-0.3, -0.25) is 0 Å². The molecule has 4 aromatic rings. The number of nitrogens with zero attached hydrogens (tertiary/aromatic N) is 3. The van der Waals surface area contributed by atoms with E-state index in [0.717, 1.165) is 20.7 Å². The van der Waals surface area contributed by atoms with Crippen molar-refractivity contribution in [1.29, 1.82) is 0 Å². The lowest BCUT2D eigenvalue weighted by Crippen LogP contribution is -1.88. The van der Waals surface area contributed by atoms with E-state index in [1.807, 2.05) is 29.6 Å². The van der Waals surface area contributed by atoms with E-state index in [-0.39, 0.29) is 5.82 Å². The molecule has 4 nitrogen and oxygen atoms in total. The monoisotopic (exact) mass is 415 g/mol. The molecule has 2 aromatic heterocycles. The molecule has 0 spiro atoms. The molecule has 0 unspecified atom stereocenters. The van der Waals surface area contributed by atoms with Crippen LogP contribution in [0.1, 0.15) is 10.9 Å². The quantitative estimate of drug-likeness (QED) is 0.450. The van der Waals surface area contributed by atoms with Crippen LogP contribution in [-0.4, -0.2) is 15.1 Å². The molecule has 0 aliphatic rings. The zero-order valence-corrected chi connectivity index (χ0v) is 15.2. The molecule has 124 valence electrons. The van der Waals surface area contributed by atoms with Crippen molar-refractivity contribution < 1.29 is 8.91 Å². The number of halogens is 2. The number of hydrogen-bond acceptors (Lipinski definition) is 5. The fourth-order valence-corrected chi connectivity index (χ4v) is 3.38. The number of thiazole rings is 1. The van der Waals surface area contributed by atoms with Gasteiger partial charge in [0.2, 0.25) is 11.7 Å². The van der Waals surface area contributed by atoms with E-state index in [1.165, 1.54) is 12.1 Å². The zero-order valence-electron chi connectivity index (χ0n) is 12.8. The molecule has 0 aliphatic carbocycles. The molecule has 7 heteroatoms. The zero-order chi connectivity index (χ0) is 17.2. The molecule has 0 saturated carbocycles. The van der Waals surface area contributed by atoms with Gasteiger partial charge < -0.3 is 4.52 Å². The molecule has 0 fully saturated rings. The van der Waals surface area contributed by atoms with Gasteiger partial charge in [0.25, 0.3) is 0 Å². The van der Waals surface area contributed by atoms with Crippen LogP contribution >= 0.6 is 27.3 Å². The van der Waals surface area contributed by atoms with E-state index >= 15 is 0 Å². The van der Waals surface area contributed by atoms with E-state index in [9.17, 15) is 4.39 Å². The molecule has 0 radical (unpaired) electrons. The standard InChI is InChI=1S/C18H11BrFN3OS/c19-13-5-1-11(2-6-13)15-10-25-17(21-15)9-16-22-18(23-24-16)12-3-7-14(20)8-4-12/h1-8,10H,9H2. The minimum absolute atomic E-state index is 0.296. The molecule has 0 saturated heterocycles. The lowest BCUT2D eigenvalue weighted by molar-refractivity contribution is 0.385. The third-order valence-corrected chi connectivity index (χ3v) is 4.94. The van der Waals surface area contributed by atoms with Crippen LogP contribution in [0.25, 0.3) is 22.6 Å². The van der Waals surface area contributed by atoms with Gasteiger partial charge in [-0.15, -0.1) is 11.3 Å². The first-order valence-electron chi connectivity index (χ1n) is 7.46. The summed E-state index contributed by atoms with van der Waals surface area (Å²) in [7, 11) is 0. The predicted molar refractivity (Wildman–Crippen MR) is 97.7 cm³/mol. The molecule has 0 amide bonds. The average molecular weight is 416 g/mol. The van der Waals surface area contributed by atoms with Gasteiger partial charge in [-0.25, -0.2) is 9.37 Å². The predicted octanol–water partition coefficient (Wildman–Crippen LogP) is 5.35. The topological polar surface area (TPSA) is 51.8 Å². The summed E-state index contributed by atoms with van der Waals surface area (Å²) in [5, 5.41) is 6.86. The fraction of sp³-hybridized carbons (Fsp3) is 0.0556. The maximum absolute atomic E-state index is 13.0. The molecule has 0 N–H and O–H groups in total. The summed E-state index contributed by atoms with van der Waals surface area (Å²) in [6.07, 6.45) is 0.468. The van der Waals surface area contributed by atoms with Crippen molar-refractivity contribution in [3.63, 3.8) is 0 Å². The minimum atomic E-state index is -0.296. The van der Waals surface area contributed by atoms with Crippen LogP contribution in [0.4, 0.5) is 4.39 Å². The maximum atomic E-state index is 13.0. The Kier molecular flexibility index (Phi) is 4.42. The SMILES string of the molecule is Fc1ccc(-c2noc(Cc3nc(-c4ccc(Br)cc4)cs3)n2)cc1. The van der Waals surface area contributed by atoms with Gasteiger partial charge >= 0.3 is 0 Å². The second-order valence-electron chi connectivity index (χ2n) is 5.33. The van der Waals surface area contributed by atoms with Crippen molar-refractivity contribution in [1.82, 2.24) is 15.1 Å². The molecular formula is C18H11BrFN3OS. The Balaban J connectivity index is 1.51. The summed E-state index contributed by atoms with van der Waals surface area (Å²) in [4.78, 5) is 8.98. The molecule has 4 rings (SSSR count).